The van der Waals surface area contributed by atoms with Crippen molar-refractivity contribution >= 4 is 34.3 Å². The van der Waals surface area contributed by atoms with Gasteiger partial charge in [0.1, 0.15) is 11.3 Å². The van der Waals surface area contributed by atoms with Crippen LogP contribution < -0.4 is 10.6 Å². The Morgan fingerprint density at radius 3 is 2.47 bits per heavy atom. The van der Waals surface area contributed by atoms with Crippen molar-refractivity contribution in [3.05, 3.63) is 88.2 Å². The molecule has 0 aliphatic rings. The molecule has 7 nitrogen and oxygen atoms in total. The van der Waals surface area contributed by atoms with Crippen LogP contribution in [0.15, 0.2) is 54.7 Å². The summed E-state index contributed by atoms with van der Waals surface area (Å²) < 4.78 is 44.4. The number of halogens is 3. The van der Waals surface area contributed by atoms with Crippen molar-refractivity contribution in [2.24, 2.45) is 0 Å². The molecule has 2 aromatic carbocycles. The van der Waals surface area contributed by atoms with Gasteiger partial charge in [0.2, 0.25) is 0 Å². The standard InChI is InChI=1S/C26H23F3N4O3/c1-14-5-7-19(32-24(34)16-6-4-15(2)21(10-16)26(27,28)29)9-18(14)12-30-20-8-17-11-22(25(35)36-3)33-23(17)31-13-20/h4-11,13,30H,12H2,1-3H3,(H,31,33)(H,32,34). The van der Waals surface area contributed by atoms with Crippen LogP contribution in [-0.2, 0) is 17.5 Å². The number of nitrogens with zero attached hydrogens (tertiary/aromatic N) is 1. The summed E-state index contributed by atoms with van der Waals surface area (Å²) in [5.41, 5.74) is 2.98. The number of fused-ring (bicyclic) bond motifs is 1. The fourth-order valence-electron chi connectivity index (χ4n) is 3.74. The predicted molar refractivity (Wildman–Crippen MR) is 130 cm³/mol. The van der Waals surface area contributed by atoms with Crippen LogP contribution in [-0.4, -0.2) is 29.0 Å². The molecular formula is C26H23F3N4O3. The summed E-state index contributed by atoms with van der Waals surface area (Å²) in [4.78, 5) is 31.6. The number of benzene rings is 2. The first-order valence-corrected chi connectivity index (χ1v) is 10.9. The Hall–Kier alpha value is -4.34. The zero-order valence-corrected chi connectivity index (χ0v) is 19.7. The highest BCUT2D eigenvalue weighted by Gasteiger charge is 2.33. The average Bonchev–Trinajstić information content (AvgIpc) is 3.27. The first-order valence-electron chi connectivity index (χ1n) is 10.9. The molecule has 0 atom stereocenters. The largest absolute Gasteiger partial charge is 0.464 e. The van der Waals surface area contributed by atoms with Crippen molar-refractivity contribution in [3.63, 3.8) is 0 Å². The monoisotopic (exact) mass is 496 g/mol. The van der Waals surface area contributed by atoms with Gasteiger partial charge in [-0.2, -0.15) is 13.2 Å². The number of aromatic amines is 1. The minimum atomic E-state index is -4.54. The van der Waals surface area contributed by atoms with Crippen molar-refractivity contribution in [1.82, 2.24) is 9.97 Å². The van der Waals surface area contributed by atoms with E-state index >= 15 is 0 Å². The van der Waals surface area contributed by atoms with Gasteiger partial charge in [-0.1, -0.05) is 12.1 Å². The summed E-state index contributed by atoms with van der Waals surface area (Å²) in [5, 5.41) is 6.66. The van der Waals surface area contributed by atoms with Gasteiger partial charge in [0, 0.05) is 23.2 Å². The molecule has 1 amide bonds. The number of carbonyl (C=O) groups excluding carboxylic acids is 2. The lowest BCUT2D eigenvalue weighted by atomic mass is 10.0. The maximum Gasteiger partial charge on any atom is 0.416 e. The summed E-state index contributed by atoms with van der Waals surface area (Å²) in [5.74, 6) is -1.12. The molecular weight excluding hydrogens is 473 g/mol. The molecule has 0 bridgehead atoms. The van der Waals surface area contributed by atoms with E-state index in [1.54, 1.807) is 24.4 Å². The number of esters is 1. The molecule has 0 saturated carbocycles. The van der Waals surface area contributed by atoms with E-state index < -0.39 is 23.6 Å². The number of aromatic nitrogens is 2. The van der Waals surface area contributed by atoms with Gasteiger partial charge in [0.25, 0.3) is 5.91 Å². The van der Waals surface area contributed by atoms with Crippen molar-refractivity contribution in [1.29, 1.82) is 0 Å². The Morgan fingerprint density at radius 2 is 1.75 bits per heavy atom. The number of pyridine rings is 1. The first kappa shape index (κ1) is 24.8. The highest BCUT2D eigenvalue weighted by atomic mass is 19.4. The number of H-pyrrole nitrogens is 1. The number of hydrogen-bond acceptors (Lipinski definition) is 5. The molecule has 0 saturated heterocycles. The van der Waals surface area contributed by atoms with Crippen LogP contribution in [0.3, 0.4) is 0 Å². The van der Waals surface area contributed by atoms with E-state index in [0.29, 0.717) is 29.3 Å². The van der Waals surface area contributed by atoms with Gasteiger partial charge in [-0.15, -0.1) is 0 Å². The number of carbonyl (C=O) groups is 2. The van der Waals surface area contributed by atoms with E-state index in [1.165, 1.54) is 26.2 Å². The smallest absolute Gasteiger partial charge is 0.416 e. The lowest BCUT2D eigenvalue weighted by molar-refractivity contribution is -0.138. The third-order valence-electron chi connectivity index (χ3n) is 5.77. The van der Waals surface area contributed by atoms with Crippen LogP contribution >= 0.6 is 0 Å². The number of anilines is 2. The fraction of sp³-hybridized carbons (Fsp3) is 0.192. The predicted octanol–water partition coefficient (Wildman–Crippen LogP) is 5.85. The first-order chi connectivity index (χ1) is 17.0. The topological polar surface area (TPSA) is 96.1 Å². The number of aryl methyl sites for hydroxylation is 2. The van der Waals surface area contributed by atoms with Crippen molar-refractivity contribution in [2.45, 2.75) is 26.6 Å². The summed E-state index contributed by atoms with van der Waals surface area (Å²) in [6.07, 6.45) is -2.92. The second-order valence-corrected chi connectivity index (χ2v) is 8.31. The van der Waals surface area contributed by atoms with E-state index in [-0.39, 0.29) is 11.1 Å². The maximum absolute atomic E-state index is 13.2. The van der Waals surface area contributed by atoms with E-state index in [9.17, 15) is 22.8 Å². The molecule has 0 spiro atoms. The van der Waals surface area contributed by atoms with Crippen LogP contribution in [0.25, 0.3) is 11.0 Å². The number of rotatable bonds is 6. The average molecular weight is 496 g/mol. The van der Waals surface area contributed by atoms with E-state index in [0.717, 1.165) is 22.6 Å². The number of alkyl halides is 3. The SMILES string of the molecule is COC(=O)c1cc2cc(NCc3cc(NC(=O)c4ccc(C)c(C(F)(F)F)c4)ccc3C)cnc2[nH]1. The summed E-state index contributed by atoms with van der Waals surface area (Å²) in [7, 11) is 1.30. The number of nitrogens with one attached hydrogen (secondary N) is 3. The molecule has 2 heterocycles. The van der Waals surface area contributed by atoms with Gasteiger partial charge < -0.3 is 20.4 Å². The van der Waals surface area contributed by atoms with E-state index in [2.05, 4.69) is 20.6 Å². The van der Waals surface area contributed by atoms with E-state index in [1.807, 2.05) is 19.1 Å². The van der Waals surface area contributed by atoms with Crippen molar-refractivity contribution in [2.75, 3.05) is 17.7 Å². The zero-order chi connectivity index (χ0) is 26.0. The Balaban J connectivity index is 1.48. The van der Waals surface area contributed by atoms with Crippen molar-refractivity contribution in [3.8, 4) is 0 Å². The third-order valence-corrected chi connectivity index (χ3v) is 5.77. The molecule has 0 aliphatic carbocycles. The molecule has 0 unspecified atom stereocenters. The molecule has 0 fully saturated rings. The summed E-state index contributed by atoms with van der Waals surface area (Å²) in [6.45, 7) is 3.67. The Kier molecular flexibility index (Phi) is 6.69. The van der Waals surface area contributed by atoms with Crippen LogP contribution in [0.1, 0.15) is 43.1 Å². The van der Waals surface area contributed by atoms with Gasteiger partial charge >= 0.3 is 12.1 Å². The number of methoxy groups -OCH3 is 1. The van der Waals surface area contributed by atoms with E-state index in [4.69, 9.17) is 4.74 Å². The van der Waals surface area contributed by atoms with Crippen LogP contribution in [0.4, 0.5) is 24.5 Å². The van der Waals surface area contributed by atoms with Gasteiger partial charge in [0.05, 0.1) is 24.6 Å². The Morgan fingerprint density at radius 1 is 1.00 bits per heavy atom. The third kappa shape index (κ3) is 5.32. The second kappa shape index (κ2) is 9.73. The fourth-order valence-corrected chi connectivity index (χ4v) is 3.74. The van der Waals surface area contributed by atoms with Crippen LogP contribution in [0, 0.1) is 13.8 Å². The maximum atomic E-state index is 13.2. The van der Waals surface area contributed by atoms with Gasteiger partial charge in [-0.05, 0) is 66.9 Å². The van der Waals surface area contributed by atoms with Gasteiger partial charge in [-0.25, -0.2) is 9.78 Å². The Labute approximate surface area is 204 Å². The molecule has 3 N–H and O–H groups in total. The van der Waals surface area contributed by atoms with Crippen LogP contribution in [0.2, 0.25) is 0 Å². The van der Waals surface area contributed by atoms with Crippen LogP contribution in [0.5, 0.6) is 0 Å². The summed E-state index contributed by atoms with van der Waals surface area (Å²) >= 11 is 0. The number of ether oxygens (including phenoxy) is 1. The number of hydrogen-bond donors (Lipinski definition) is 3. The minimum Gasteiger partial charge on any atom is -0.464 e. The highest BCUT2D eigenvalue weighted by molar-refractivity contribution is 6.04. The highest BCUT2D eigenvalue weighted by Crippen LogP contribution is 2.32. The lowest BCUT2D eigenvalue weighted by Crippen LogP contribution is -2.15. The van der Waals surface area contributed by atoms with Gasteiger partial charge in [0.15, 0.2) is 0 Å². The zero-order valence-electron chi connectivity index (χ0n) is 19.7. The molecule has 4 rings (SSSR count). The molecule has 10 heteroatoms. The molecule has 186 valence electrons. The summed E-state index contributed by atoms with van der Waals surface area (Å²) in [6, 6.07) is 12.3. The molecule has 2 aromatic heterocycles. The quantitative estimate of drug-likeness (QED) is 0.291. The number of amides is 1. The normalized spacial score (nSPS) is 11.4. The lowest BCUT2D eigenvalue weighted by Gasteiger charge is -2.14. The Bertz CT molecular complexity index is 1460. The van der Waals surface area contributed by atoms with Crippen molar-refractivity contribution < 1.29 is 27.5 Å². The molecule has 0 aliphatic heterocycles. The van der Waals surface area contributed by atoms with Gasteiger partial charge in [-0.3, -0.25) is 4.79 Å². The second-order valence-electron chi connectivity index (χ2n) is 8.31. The molecule has 4 aromatic rings. The minimum absolute atomic E-state index is 0.0524. The molecule has 36 heavy (non-hydrogen) atoms. The molecule has 0 radical (unpaired) electrons.